The van der Waals surface area contributed by atoms with Gasteiger partial charge in [0, 0.05) is 18.0 Å². The maximum Gasteiger partial charge on any atom is 0.415 e. The van der Waals surface area contributed by atoms with Crippen LogP contribution in [0.2, 0.25) is 0 Å². The SMILES string of the molecule is Nc1ccccc1N(Cc1ccccc1)C(=O)OCc1cccnc1. The first kappa shape index (κ1) is 16.5. The van der Waals surface area contributed by atoms with Gasteiger partial charge in [-0.15, -0.1) is 0 Å². The van der Waals surface area contributed by atoms with Crippen LogP contribution in [0.5, 0.6) is 0 Å². The summed E-state index contributed by atoms with van der Waals surface area (Å²) in [5.74, 6) is 0. The fourth-order valence-electron chi connectivity index (χ4n) is 2.45. The number of anilines is 2. The van der Waals surface area contributed by atoms with Crippen LogP contribution >= 0.6 is 0 Å². The molecule has 2 aromatic carbocycles. The molecule has 25 heavy (non-hydrogen) atoms. The van der Waals surface area contributed by atoms with Crippen LogP contribution in [0.1, 0.15) is 11.1 Å². The van der Waals surface area contributed by atoms with Gasteiger partial charge in [0.05, 0.1) is 17.9 Å². The van der Waals surface area contributed by atoms with Crippen LogP contribution in [0.15, 0.2) is 79.1 Å². The molecule has 126 valence electrons. The Morgan fingerprint density at radius 3 is 2.40 bits per heavy atom. The molecule has 1 heterocycles. The highest BCUT2D eigenvalue weighted by molar-refractivity contribution is 5.91. The normalized spacial score (nSPS) is 10.2. The van der Waals surface area contributed by atoms with Crippen LogP contribution in [-0.2, 0) is 17.9 Å². The average Bonchev–Trinajstić information content (AvgIpc) is 2.66. The average molecular weight is 333 g/mol. The summed E-state index contributed by atoms with van der Waals surface area (Å²) in [7, 11) is 0. The number of benzene rings is 2. The number of hydrogen-bond acceptors (Lipinski definition) is 4. The highest BCUT2D eigenvalue weighted by Crippen LogP contribution is 2.25. The predicted molar refractivity (Wildman–Crippen MR) is 97.9 cm³/mol. The van der Waals surface area contributed by atoms with Crippen LogP contribution in [-0.4, -0.2) is 11.1 Å². The number of carbonyl (C=O) groups excluding carboxylic acids is 1. The van der Waals surface area contributed by atoms with Crippen LogP contribution in [0.25, 0.3) is 0 Å². The lowest BCUT2D eigenvalue weighted by atomic mass is 10.2. The lowest BCUT2D eigenvalue weighted by Gasteiger charge is -2.23. The van der Waals surface area contributed by atoms with E-state index in [0.29, 0.717) is 17.9 Å². The van der Waals surface area contributed by atoms with Gasteiger partial charge in [-0.05, 0) is 23.8 Å². The molecule has 5 heteroatoms. The van der Waals surface area contributed by atoms with Gasteiger partial charge in [-0.1, -0.05) is 48.5 Å². The van der Waals surface area contributed by atoms with E-state index >= 15 is 0 Å². The van der Waals surface area contributed by atoms with E-state index in [0.717, 1.165) is 11.1 Å². The molecule has 2 N–H and O–H groups in total. The molecule has 5 nitrogen and oxygen atoms in total. The Morgan fingerprint density at radius 1 is 0.960 bits per heavy atom. The Balaban J connectivity index is 1.80. The largest absolute Gasteiger partial charge is 0.444 e. The molecule has 0 atom stereocenters. The summed E-state index contributed by atoms with van der Waals surface area (Å²) in [5.41, 5.74) is 9.03. The van der Waals surface area contributed by atoms with Crippen molar-refractivity contribution in [3.05, 3.63) is 90.3 Å². The molecule has 1 aromatic heterocycles. The molecule has 0 saturated carbocycles. The second-order valence-electron chi connectivity index (χ2n) is 5.55. The molecule has 0 saturated heterocycles. The van der Waals surface area contributed by atoms with E-state index < -0.39 is 6.09 Å². The zero-order valence-corrected chi connectivity index (χ0v) is 13.7. The highest BCUT2D eigenvalue weighted by atomic mass is 16.6. The number of nitrogens with zero attached hydrogens (tertiary/aromatic N) is 2. The third kappa shape index (κ3) is 4.35. The number of nitrogen functional groups attached to an aromatic ring is 1. The van der Waals surface area contributed by atoms with Crippen LogP contribution in [0, 0.1) is 0 Å². The minimum Gasteiger partial charge on any atom is -0.444 e. The van der Waals surface area contributed by atoms with Crippen molar-refractivity contribution in [2.45, 2.75) is 13.2 Å². The fourth-order valence-corrected chi connectivity index (χ4v) is 2.45. The maximum absolute atomic E-state index is 12.7. The van der Waals surface area contributed by atoms with Crippen molar-refractivity contribution >= 4 is 17.5 Å². The van der Waals surface area contributed by atoms with Crippen molar-refractivity contribution in [1.82, 2.24) is 4.98 Å². The molecule has 1 amide bonds. The van der Waals surface area contributed by atoms with E-state index in [4.69, 9.17) is 10.5 Å². The van der Waals surface area contributed by atoms with Crippen LogP contribution in [0.4, 0.5) is 16.2 Å². The van der Waals surface area contributed by atoms with E-state index in [2.05, 4.69) is 4.98 Å². The molecule has 0 aliphatic heterocycles. The van der Waals surface area contributed by atoms with Crippen molar-refractivity contribution < 1.29 is 9.53 Å². The van der Waals surface area contributed by atoms with Gasteiger partial charge in [0.15, 0.2) is 0 Å². The first-order valence-corrected chi connectivity index (χ1v) is 7.95. The molecule has 0 aliphatic carbocycles. The third-order valence-corrected chi connectivity index (χ3v) is 3.72. The number of para-hydroxylation sites is 2. The van der Waals surface area contributed by atoms with E-state index in [1.807, 2.05) is 54.6 Å². The fraction of sp³-hybridized carbons (Fsp3) is 0.100. The molecule has 3 rings (SSSR count). The molecule has 0 bridgehead atoms. The lowest BCUT2D eigenvalue weighted by molar-refractivity contribution is 0.146. The van der Waals surface area contributed by atoms with Gasteiger partial charge in [0.1, 0.15) is 6.61 Å². The molecule has 3 aromatic rings. The van der Waals surface area contributed by atoms with Gasteiger partial charge in [-0.3, -0.25) is 9.88 Å². The van der Waals surface area contributed by atoms with Gasteiger partial charge in [0.25, 0.3) is 0 Å². The summed E-state index contributed by atoms with van der Waals surface area (Å²) in [6.45, 7) is 0.533. The molecule has 0 unspecified atom stereocenters. The maximum atomic E-state index is 12.7. The number of pyridine rings is 1. The molecule has 0 aliphatic rings. The summed E-state index contributed by atoms with van der Waals surface area (Å²) < 4.78 is 5.46. The van der Waals surface area contributed by atoms with E-state index in [1.165, 1.54) is 0 Å². The summed E-state index contributed by atoms with van der Waals surface area (Å²) in [5, 5.41) is 0. The second-order valence-corrected chi connectivity index (χ2v) is 5.55. The first-order valence-electron chi connectivity index (χ1n) is 7.95. The molecular formula is C20H19N3O2. The van der Waals surface area contributed by atoms with E-state index in [-0.39, 0.29) is 6.61 Å². The number of carbonyl (C=O) groups is 1. The van der Waals surface area contributed by atoms with Crippen molar-refractivity contribution in [2.24, 2.45) is 0 Å². The topological polar surface area (TPSA) is 68.5 Å². The minimum atomic E-state index is -0.453. The number of amides is 1. The van der Waals surface area contributed by atoms with Gasteiger partial charge < -0.3 is 10.5 Å². The number of rotatable bonds is 5. The van der Waals surface area contributed by atoms with E-state index in [1.54, 1.807) is 29.4 Å². The Labute approximate surface area is 146 Å². The minimum absolute atomic E-state index is 0.157. The highest BCUT2D eigenvalue weighted by Gasteiger charge is 2.20. The van der Waals surface area contributed by atoms with Crippen molar-refractivity contribution in [3.63, 3.8) is 0 Å². The number of hydrogen-bond donors (Lipinski definition) is 1. The molecule has 0 radical (unpaired) electrons. The van der Waals surface area contributed by atoms with Gasteiger partial charge in [-0.25, -0.2) is 4.79 Å². The number of nitrogens with two attached hydrogens (primary N) is 1. The third-order valence-electron chi connectivity index (χ3n) is 3.72. The Hall–Kier alpha value is -3.34. The summed E-state index contributed by atoms with van der Waals surface area (Å²) in [6, 6.07) is 20.6. The monoisotopic (exact) mass is 333 g/mol. The Morgan fingerprint density at radius 2 is 1.68 bits per heavy atom. The molecule has 0 spiro atoms. The van der Waals surface area contributed by atoms with Gasteiger partial charge in [0.2, 0.25) is 0 Å². The van der Waals surface area contributed by atoms with Crippen molar-refractivity contribution in [1.29, 1.82) is 0 Å². The van der Waals surface area contributed by atoms with Crippen LogP contribution < -0.4 is 10.6 Å². The molecule has 0 fully saturated rings. The van der Waals surface area contributed by atoms with Gasteiger partial charge in [-0.2, -0.15) is 0 Å². The number of aromatic nitrogens is 1. The van der Waals surface area contributed by atoms with Crippen molar-refractivity contribution in [3.8, 4) is 0 Å². The Kier molecular flexibility index (Phi) is 5.26. The van der Waals surface area contributed by atoms with Crippen LogP contribution in [0.3, 0.4) is 0 Å². The summed E-state index contributed by atoms with van der Waals surface area (Å²) in [6.07, 6.45) is 2.90. The van der Waals surface area contributed by atoms with Crippen molar-refractivity contribution in [2.75, 3.05) is 10.6 Å². The zero-order valence-electron chi connectivity index (χ0n) is 13.7. The van der Waals surface area contributed by atoms with Gasteiger partial charge >= 0.3 is 6.09 Å². The lowest BCUT2D eigenvalue weighted by Crippen LogP contribution is -2.31. The first-order chi connectivity index (χ1) is 12.2. The second kappa shape index (κ2) is 7.97. The summed E-state index contributed by atoms with van der Waals surface area (Å²) >= 11 is 0. The number of ether oxygens (including phenoxy) is 1. The predicted octanol–water partition coefficient (Wildman–Crippen LogP) is 4.01. The molecular weight excluding hydrogens is 314 g/mol. The quantitative estimate of drug-likeness (QED) is 0.716. The smallest absolute Gasteiger partial charge is 0.415 e. The Bertz CT molecular complexity index is 823. The zero-order chi connectivity index (χ0) is 17.5. The van der Waals surface area contributed by atoms with E-state index in [9.17, 15) is 4.79 Å². The standard InChI is InChI=1S/C20H19N3O2/c21-18-10-4-5-11-19(18)23(14-16-7-2-1-3-8-16)20(24)25-15-17-9-6-12-22-13-17/h1-13H,14-15,21H2. The summed E-state index contributed by atoms with van der Waals surface area (Å²) in [4.78, 5) is 18.3.